The van der Waals surface area contributed by atoms with Crippen LogP contribution < -0.4 is 19.5 Å². The standard InChI is InChI=1S/C14H19NO5/c1-9(2)15-14(3,13(16)17)7-18-10-4-5-11-12(6-10)20-8-19-11/h4-6,9,15H,7-8H2,1-3H3,(H,16,17). The zero-order valence-electron chi connectivity index (χ0n) is 11.8. The number of carboxylic acid groups (broad SMARTS) is 1. The van der Waals surface area contributed by atoms with Crippen molar-refractivity contribution in [1.82, 2.24) is 5.32 Å². The fourth-order valence-corrected chi connectivity index (χ4v) is 2.00. The van der Waals surface area contributed by atoms with Crippen molar-refractivity contribution in [1.29, 1.82) is 0 Å². The van der Waals surface area contributed by atoms with Crippen LogP contribution in [0.5, 0.6) is 17.2 Å². The minimum Gasteiger partial charge on any atom is -0.491 e. The lowest BCUT2D eigenvalue weighted by Gasteiger charge is -2.28. The molecule has 0 spiro atoms. The molecule has 1 atom stereocenters. The Labute approximate surface area is 117 Å². The van der Waals surface area contributed by atoms with Crippen LogP contribution in [0, 0.1) is 0 Å². The number of aliphatic carboxylic acids is 1. The maximum atomic E-state index is 11.4. The zero-order chi connectivity index (χ0) is 14.8. The Morgan fingerprint density at radius 3 is 2.80 bits per heavy atom. The molecule has 1 aliphatic heterocycles. The molecular formula is C14H19NO5. The number of ether oxygens (including phenoxy) is 3. The number of rotatable bonds is 6. The average Bonchev–Trinajstić information content (AvgIpc) is 2.82. The number of nitrogens with one attached hydrogen (secondary N) is 1. The number of carbonyl (C=O) groups is 1. The molecule has 0 amide bonds. The van der Waals surface area contributed by atoms with Gasteiger partial charge in [0.25, 0.3) is 0 Å². The summed E-state index contributed by atoms with van der Waals surface area (Å²) in [5, 5.41) is 12.3. The van der Waals surface area contributed by atoms with E-state index in [1.165, 1.54) is 0 Å². The fourth-order valence-electron chi connectivity index (χ4n) is 2.00. The third-order valence-corrected chi connectivity index (χ3v) is 2.95. The van der Waals surface area contributed by atoms with Crippen LogP contribution in [-0.2, 0) is 4.79 Å². The maximum absolute atomic E-state index is 11.4. The van der Waals surface area contributed by atoms with E-state index in [2.05, 4.69) is 5.32 Å². The second-order valence-corrected chi connectivity index (χ2v) is 5.24. The Morgan fingerprint density at radius 1 is 1.45 bits per heavy atom. The van der Waals surface area contributed by atoms with Crippen LogP contribution in [0.3, 0.4) is 0 Å². The van der Waals surface area contributed by atoms with E-state index in [1.807, 2.05) is 13.8 Å². The molecule has 6 heteroatoms. The third-order valence-electron chi connectivity index (χ3n) is 2.95. The largest absolute Gasteiger partial charge is 0.491 e. The van der Waals surface area contributed by atoms with Gasteiger partial charge in [-0.1, -0.05) is 0 Å². The molecule has 1 aromatic carbocycles. The molecular weight excluding hydrogens is 262 g/mol. The van der Waals surface area contributed by atoms with Crippen molar-refractivity contribution in [2.24, 2.45) is 0 Å². The number of hydrogen-bond donors (Lipinski definition) is 2. The molecule has 0 fully saturated rings. The van der Waals surface area contributed by atoms with Crippen molar-refractivity contribution in [2.45, 2.75) is 32.4 Å². The fraction of sp³-hybridized carbons (Fsp3) is 0.500. The lowest BCUT2D eigenvalue weighted by Crippen LogP contribution is -2.56. The van der Waals surface area contributed by atoms with E-state index >= 15 is 0 Å². The van der Waals surface area contributed by atoms with Gasteiger partial charge >= 0.3 is 5.97 Å². The van der Waals surface area contributed by atoms with E-state index in [-0.39, 0.29) is 19.4 Å². The number of hydrogen-bond acceptors (Lipinski definition) is 5. The topological polar surface area (TPSA) is 77.0 Å². The van der Waals surface area contributed by atoms with E-state index < -0.39 is 11.5 Å². The maximum Gasteiger partial charge on any atom is 0.327 e. The first kappa shape index (κ1) is 14.5. The summed E-state index contributed by atoms with van der Waals surface area (Å²) in [5.41, 5.74) is -1.15. The van der Waals surface area contributed by atoms with Crippen LogP contribution in [0.4, 0.5) is 0 Å². The summed E-state index contributed by atoms with van der Waals surface area (Å²) < 4.78 is 16.0. The SMILES string of the molecule is CC(C)NC(C)(COc1ccc2c(c1)OCO2)C(=O)O. The lowest BCUT2D eigenvalue weighted by atomic mass is 10.0. The van der Waals surface area contributed by atoms with Crippen molar-refractivity contribution in [3.63, 3.8) is 0 Å². The predicted molar refractivity (Wildman–Crippen MR) is 72.4 cm³/mol. The molecule has 0 aliphatic carbocycles. The molecule has 6 nitrogen and oxygen atoms in total. The van der Waals surface area contributed by atoms with Crippen molar-refractivity contribution in [2.75, 3.05) is 13.4 Å². The van der Waals surface area contributed by atoms with E-state index in [4.69, 9.17) is 14.2 Å². The van der Waals surface area contributed by atoms with Gasteiger partial charge in [-0.3, -0.25) is 10.1 Å². The zero-order valence-corrected chi connectivity index (χ0v) is 11.8. The van der Waals surface area contributed by atoms with Crippen LogP contribution >= 0.6 is 0 Å². The molecule has 2 rings (SSSR count). The quantitative estimate of drug-likeness (QED) is 0.825. The van der Waals surface area contributed by atoms with Crippen LogP contribution in [0.15, 0.2) is 18.2 Å². The number of carboxylic acids is 1. The Hall–Kier alpha value is -1.95. The Bertz CT molecular complexity index is 502. The second-order valence-electron chi connectivity index (χ2n) is 5.24. The highest BCUT2D eigenvalue weighted by Crippen LogP contribution is 2.35. The second kappa shape index (κ2) is 5.58. The summed E-state index contributed by atoms with van der Waals surface area (Å²) in [6, 6.07) is 5.20. The summed E-state index contributed by atoms with van der Waals surface area (Å²) in [4.78, 5) is 11.4. The molecule has 0 aromatic heterocycles. The molecule has 1 aliphatic rings. The molecule has 1 aromatic rings. The van der Waals surface area contributed by atoms with Crippen LogP contribution in [0.2, 0.25) is 0 Å². The molecule has 1 unspecified atom stereocenters. The number of fused-ring (bicyclic) bond motifs is 1. The normalized spacial score (nSPS) is 16.0. The minimum absolute atomic E-state index is 0.0140. The first-order chi connectivity index (χ1) is 9.40. The Morgan fingerprint density at radius 2 is 2.15 bits per heavy atom. The molecule has 2 N–H and O–H groups in total. The Balaban J connectivity index is 2.04. The van der Waals surface area contributed by atoms with Gasteiger partial charge in [0.2, 0.25) is 6.79 Å². The van der Waals surface area contributed by atoms with E-state index in [9.17, 15) is 9.90 Å². The predicted octanol–water partition coefficient (Wildman–Crippen LogP) is 1.64. The summed E-state index contributed by atoms with van der Waals surface area (Å²) in [7, 11) is 0. The summed E-state index contributed by atoms with van der Waals surface area (Å²) in [6.45, 7) is 5.59. The average molecular weight is 281 g/mol. The van der Waals surface area contributed by atoms with Gasteiger partial charge in [-0.05, 0) is 32.9 Å². The van der Waals surface area contributed by atoms with Crippen LogP contribution in [-0.4, -0.2) is 36.1 Å². The Kier molecular flexibility index (Phi) is 4.04. The number of benzene rings is 1. The van der Waals surface area contributed by atoms with Crippen LogP contribution in [0.25, 0.3) is 0 Å². The lowest BCUT2D eigenvalue weighted by molar-refractivity contribution is -0.145. The summed E-state index contributed by atoms with van der Waals surface area (Å²) in [5.74, 6) is 0.870. The first-order valence-electron chi connectivity index (χ1n) is 6.44. The molecule has 0 saturated carbocycles. The summed E-state index contributed by atoms with van der Waals surface area (Å²) in [6.07, 6.45) is 0. The highest BCUT2D eigenvalue weighted by Gasteiger charge is 2.34. The van der Waals surface area contributed by atoms with Crippen molar-refractivity contribution in [3.05, 3.63) is 18.2 Å². The van der Waals surface area contributed by atoms with E-state index in [1.54, 1.807) is 25.1 Å². The first-order valence-corrected chi connectivity index (χ1v) is 6.44. The highest BCUT2D eigenvalue weighted by atomic mass is 16.7. The third kappa shape index (κ3) is 3.14. The smallest absolute Gasteiger partial charge is 0.327 e. The van der Waals surface area contributed by atoms with Crippen molar-refractivity contribution < 1.29 is 24.1 Å². The van der Waals surface area contributed by atoms with E-state index in [0.717, 1.165) is 0 Å². The van der Waals surface area contributed by atoms with Crippen molar-refractivity contribution >= 4 is 5.97 Å². The highest BCUT2D eigenvalue weighted by molar-refractivity contribution is 5.78. The van der Waals surface area contributed by atoms with Gasteiger partial charge in [-0.15, -0.1) is 0 Å². The summed E-state index contributed by atoms with van der Waals surface area (Å²) >= 11 is 0. The van der Waals surface area contributed by atoms with Crippen LogP contribution in [0.1, 0.15) is 20.8 Å². The molecule has 0 bridgehead atoms. The van der Waals surface area contributed by atoms with Gasteiger partial charge in [0, 0.05) is 12.1 Å². The van der Waals surface area contributed by atoms with Gasteiger partial charge in [0.1, 0.15) is 17.9 Å². The molecule has 1 heterocycles. The molecule has 0 saturated heterocycles. The van der Waals surface area contributed by atoms with Gasteiger partial charge in [0.15, 0.2) is 11.5 Å². The molecule has 110 valence electrons. The van der Waals surface area contributed by atoms with Crippen molar-refractivity contribution in [3.8, 4) is 17.2 Å². The van der Waals surface area contributed by atoms with E-state index in [0.29, 0.717) is 17.2 Å². The molecule has 0 radical (unpaired) electrons. The van der Waals surface area contributed by atoms with Gasteiger partial charge in [-0.25, -0.2) is 0 Å². The molecule has 20 heavy (non-hydrogen) atoms. The minimum atomic E-state index is -1.15. The van der Waals surface area contributed by atoms with Gasteiger partial charge in [-0.2, -0.15) is 0 Å². The van der Waals surface area contributed by atoms with Gasteiger partial charge < -0.3 is 19.3 Å². The van der Waals surface area contributed by atoms with Gasteiger partial charge in [0.05, 0.1) is 0 Å². The monoisotopic (exact) mass is 281 g/mol.